The number of nitrogens with zero attached hydrogens (tertiary/aromatic N) is 1. The first-order chi connectivity index (χ1) is 13.8. The van der Waals surface area contributed by atoms with E-state index in [1.807, 2.05) is 6.92 Å². The number of nitrogens with one attached hydrogen (secondary N) is 2. The normalized spacial score (nSPS) is 11.5. The molecule has 2 aromatic rings. The maximum absolute atomic E-state index is 11.6. The molecule has 2 aromatic carbocycles. The average molecular weight is 545 g/mol. The zero-order valence-corrected chi connectivity index (χ0v) is 21.2. The lowest BCUT2D eigenvalue weighted by Gasteiger charge is -2.15. The van der Waals surface area contributed by atoms with Crippen molar-refractivity contribution in [2.24, 2.45) is 4.99 Å². The van der Waals surface area contributed by atoms with E-state index < -0.39 is 9.84 Å². The molecule has 0 radical (unpaired) electrons. The number of rotatable bonds is 9. The fourth-order valence-electron chi connectivity index (χ4n) is 2.69. The number of guanidine groups is 1. The van der Waals surface area contributed by atoms with Crippen LogP contribution in [0.5, 0.6) is 5.75 Å². The third-order valence-electron chi connectivity index (χ3n) is 4.25. The Kier molecular flexibility index (Phi) is 11.2. The molecule has 0 spiro atoms. The zero-order valence-electron chi connectivity index (χ0n) is 18.1. The van der Waals surface area contributed by atoms with Crippen LogP contribution in [-0.2, 0) is 22.9 Å². The Balaban J connectivity index is 0.00000450. The van der Waals surface area contributed by atoms with Gasteiger partial charge in [0.05, 0.1) is 18.0 Å². The number of aryl methyl sites for hydroxylation is 1. The zero-order chi connectivity index (χ0) is 21.3. The summed E-state index contributed by atoms with van der Waals surface area (Å²) in [5, 5.41) is 6.58. The molecule has 0 atom stereocenters. The average Bonchev–Trinajstić information content (AvgIpc) is 2.69. The van der Waals surface area contributed by atoms with Crippen LogP contribution in [0.4, 0.5) is 0 Å². The molecule has 0 saturated carbocycles. The smallest absolute Gasteiger partial charge is 0.191 e. The van der Waals surface area contributed by atoms with Crippen LogP contribution in [0.3, 0.4) is 0 Å². The topological polar surface area (TPSA) is 79.8 Å². The molecule has 0 aliphatic rings. The molecule has 6 nitrogen and oxygen atoms in total. The second-order valence-electron chi connectivity index (χ2n) is 6.92. The van der Waals surface area contributed by atoms with Gasteiger partial charge in [-0.15, -0.1) is 24.0 Å². The Morgan fingerprint density at radius 2 is 1.77 bits per heavy atom. The lowest BCUT2D eigenvalue weighted by Crippen LogP contribution is -2.36. The molecule has 8 heteroatoms. The standard InChI is InChI=1S/C22H31N3O3S.HI/c1-5-13-28-21-14-17(3)7-10-19(21)16-25-22(23-6-2)24-15-18-8-11-20(12-9-18)29(4,26)27;/h7-12,14H,5-6,13,15-16H2,1-4H3,(H2,23,24,25);1H. The largest absolute Gasteiger partial charge is 0.493 e. The summed E-state index contributed by atoms with van der Waals surface area (Å²) < 4.78 is 29.0. The molecule has 0 saturated heterocycles. The number of hydrogen-bond acceptors (Lipinski definition) is 4. The summed E-state index contributed by atoms with van der Waals surface area (Å²) in [7, 11) is -3.19. The SMILES string of the molecule is CCCOc1cc(C)ccc1CNC(=NCc1ccc(S(C)(=O)=O)cc1)NCC.I. The first kappa shape index (κ1) is 26.2. The quantitative estimate of drug-likeness (QED) is 0.282. The Morgan fingerprint density at radius 1 is 1.07 bits per heavy atom. The van der Waals surface area contributed by atoms with Crippen molar-refractivity contribution in [1.29, 1.82) is 0 Å². The van der Waals surface area contributed by atoms with Crippen LogP contribution >= 0.6 is 24.0 Å². The third kappa shape index (κ3) is 8.51. The minimum atomic E-state index is -3.19. The molecule has 0 heterocycles. The number of halogens is 1. The summed E-state index contributed by atoms with van der Waals surface area (Å²) in [4.78, 5) is 4.92. The molecule has 0 amide bonds. The number of ether oxygens (including phenoxy) is 1. The van der Waals surface area contributed by atoms with Crippen molar-refractivity contribution >= 4 is 39.8 Å². The van der Waals surface area contributed by atoms with Gasteiger partial charge in [-0.2, -0.15) is 0 Å². The summed E-state index contributed by atoms with van der Waals surface area (Å²) in [5.41, 5.74) is 3.18. The number of sulfone groups is 1. The fraction of sp³-hybridized carbons (Fsp3) is 0.409. The first-order valence-corrected chi connectivity index (χ1v) is 11.8. The van der Waals surface area contributed by atoms with Gasteiger partial charge in [-0.1, -0.05) is 31.2 Å². The maximum atomic E-state index is 11.6. The van der Waals surface area contributed by atoms with E-state index in [1.165, 1.54) is 6.26 Å². The van der Waals surface area contributed by atoms with Gasteiger partial charge in [0.2, 0.25) is 0 Å². The van der Waals surface area contributed by atoms with E-state index in [-0.39, 0.29) is 24.0 Å². The summed E-state index contributed by atoms with van der Waals surface area (Å²) in [5.74, 6) is 1.59. The van der Waals surface area contributed by atoms with Gasteiger partial charge >= 0.3 is 0 Å². The van der Waals surface area contributed by atoms with Gasteiger partial charge in [-0.25, -0.2) is 13.4 Å². The molecule has 166 valence electrons. The summed E-state index contributed by atoms with van der Waals surface area (Å²) in [6, 6.07) is 13.0. The van der Waals surface area contributed by atoms with Crippen molar-refractivity contribution < 1.29 is 13.2 Å². The van der Waals surface area contributed by atoms with Crippen LogP contribution in [0.15, 0.2) is 52.4 Å². The van der Waals surface area contributed by atoms with E-state index in [0.29, 0.717) is 30.6 Å². The molecular weight excluding hydrogens is 513 g/mol. The first-order valence-electron chi connectivity index (χ1n) is 9.87. The highest BCUT2D eigenvalue weighted by Crippen LogP contribution is 2.20. The maximum Gasteiger partial charge on any atom is 0.191 e. The van der Waals surface area contributed by atoms with E-state index in [2.05, 4.69) is 47.7 Å². The summed E-state index contributed by atoms with van der Waals surface area (Å²) >= 11 is 0. The van der Waals surface area contributed by atoms with Crippen LogP contribution in [0.2, 0.25) is 0 Å². The molecule has 0 aliphatic heterocycles. The Morgan fingerprint density at radius 3 is 2.37 bits per heavy atom. The van der Waals surface area contributed by atoms with Gasteiger partial charge in [0, 0.05) is 24.9 Å². The van der Waals surface area contributed by atoms with E-state index in [4.69, 9.17) is 4.74 Å². The molecule has 2 N–H and O–H groups in total. The van der Waals surface area contributed by atoms with E-state index in [1.54, 1.807) is 24.3 Å². The molecule has 2 rings (SSSR count). The summed E-state index contributed by atoms with van der Waals surface area (Å²) in [6.07, 6.45) is 2.17. The van der Waals surface area contributed by atoms with Crippen molar-refractivity contribution in [3.05, 3.63) is 59.2 Å². The number of hydrogen-bond donors (Lipinski definition) is 2. The monoisotopic (exact) mass is 545 g/mol. The van der Waals surface area contributed by atoms with Gasteiger partial charge in [0.25, 0.3) is 0 Å². The highest BCUT2D eigenvalue weighted by Gasteiger charge is 2.07. The van der Waals surface area contributed by atoms with E-state index in [9.17, 15) is 8.42 Å². The molecular formula is C22H32IN3O3S. The molecule has 0 bridgehead atoms. The van der Waals surface area contributed by atoms with Crippen LogP contribution in [0.25, 0.3) is 0 Å². The molecule has 0 fully saturated rings. The fourth-order valence-corrected chi connectivity index (χ4v) is 3.32. The Labute approximate surface area is 197 Å². The molecule has 0 aliphatic carbocycles. The van der Waals surface area contributed by atoms with Crippen molar-refractivity contribution in [1.82, 2.24) is 10.6 Å². The van der Waals surface area contributed by atoms with Crippen molar-refractivity contribution in [2.75, 3.05) is 19.4 Å². The van der Waals surface area contributed by atoms with Crippen molar-refractivity contribution in [2.45, 2.75) is 45.2 Å². The number of benzene rings is 2. The van der Waals surface area contributed by atoms with Gasteiger partial charge < -0.3 is 15.4 Å². The van der Waals surface area contributed by atoms with Gasteiger partial charge in [0.15, 0.2) is 15.8 Å². The minimum absolute atomic E-state index is 0. The second-order valence-corrected chi connectivity index (χ2v) is 8.94. The van der Waals surface area contributed by atoms with Crippen LogP contribution < -0.4 is 15.4 Å². The van der Waals surface area contributed by atoms with Crippen LogP contribution in [0, 0.1) is 6.92 Å². The Hall–Kier alpha value is -1.81. The number of aliphatic imine (C=N–C) groups is 1. The van der Waals surface area contributed by atoms with Gasteiger partial charge in [-0.3, -0.25) is 0 Å². The molecule has 0 aromatic heterocycles. The van der Waals surface area contributed by atoms with Crippen LogP contribution in [-0.4, -0.2) is 33.8 Å². The van der Waals surface area contributed by atoms with Gasteiger partial charge in [0.1, 0.15) is 5.75 Å². The van der Waals surface area contributed by atoms with Crippen LogP contribution in [0.1, 0.15) is 37.0 Å². The highest BCUT2D eigenvalue weighted by molar-refractivity contribution is 14.0. The van der Waals surface area contributed by atoms with E-state index in [0.717, 1.165) is 35.4 Å². The predicted molar refractivity (Wildman–Crippen MR) is 134 cm³/mol. The lowest BCUT2D eigenvalue weighted by atomic mass is 10.1. The second kappa shape index (κ2) is 12.8. The molecule has 0 unspecified atom stereocenters. The third-order valence-corrected chi connectivity index (χ3v) is 5.37. The Bertz CT molecular complexity index is 929. The van der Waals surface area contributed by atoms with E-state index >= 15 is 0 Å². The lowest BCUT2D eigenvalue weighted by molar-refractivity contribution is 0.313. The van der Waals surface area contributed by atoms with Crippen molar-refractivity contribution in [3.8, 4) is 5.75 Å². The highest BCUT2D eigenvalue weighted by atomic mass is 127. The minimum Gasteiger partial charge on any atom is -0.493 e. The predicted octanol–water partition coefficient (Wildman–Crippen LogP) is 4.06. The van der Waals surface area contributed by atoms with Gasteiger partial charge in [-0.05, 0) is 49.6 Å². The molecule has 30 heavy (non-hydrogen) atoms. The summed E-state index contributed by atoms with van der Waals surface area (Å²) in [6.45, 7) is 8.63. The van der Waals surface area contributed by atoms with Crippen molar-refractivity contribution in [3.63, 3.8) is 0 Å².